The predicted octanol–water partition coefficient (Wildman–Crippen LogP) is 6.35. The summed E-state index contributed by atoms with van der Waals surface area (Å²) < 4.78 is 5.92. The number of carbonyl (C=O) groups excluding carboxylic acids is 1. The Morgan fingerprint density at radius 3 is 2.37 bits per heavy atom. The molecule has 1 aliphatic rings. The molecule has 0 saturated carbocycles. The van der Waals surface area contributed by atoms with E-state index in [0.717, 1.165) is 16.2 Å². The van der Waals surface area contributed by atoms with Gasteiger partial charge in [-0.05, 0) is 37.6 Å². The van der Waals surface area contributed by atoms with Crippen molar-refractivity contribution in [2.45, 2.75) is 25.5 Å². The van der Waals surface area contributed by atoms with E-state index in [1.807, 2.05) is 86.6 Å². The second-order valence-corrected chi connectivity index (χ2v) is 9.00. The highest BCUT2D eigenvalue weighted by Crippen LogP contribution is 2.44. The number of thioether (sulfide) groups is 1. The molecule has 1 atom stereocenters. The number of nitriles is 1. The number of carbonyl (C=O) groups is 1. The lowest BCUT2D eigenvalue weighted by atomic mass is 9.81. The maximum absolute atomic E-state index is 13.6. The van der Waals surface area contributed by atoms with Crippen molar-refractivity contribution in [3.8, 4) is 11.8 Å². The van der Waals surface area contributed by atoms with E-state index in [9.17, 15) is 10.1 Å². The molecular formula is C29H27N3O2S. The second kappa shape index (κ2) is 11.5. The second-order valence-electron chi connectivity index (χ2n) is 8.02. The van der Waals surface area contributed by atoms with Gasteiger partial charge in [-0.2, -0.15) is 5.26 Å². The maximum atomic E-state index is 13.6. The van der Waals surface area contributed by atoms with E-state index in [1.165, 1.54) is 0 Å². The number of benzene rings is 3. The Hall–Kier alpha value is -3.95. The third-order valence-electron chi connectivity index (χ3n) is 5.68. The van der Waals surface area contributed by atoms with Crippen LogP contribution >= 0.6 is 11.8 Å². The molecule has 35 heavy (non-hydrogen) atoms. The Kier molecular flexibility index (Phi) is 7.92. The standard InChI is InChI=1S/C29H27N3O2S/c1-3-34-25-17-11-10-16-23(25)27-24(18-30)29(35-19-21-12-6-4-7-13-21)31-20(2)26(27)28(33)32-22-14-8-5-9-15-22/h4-17,27,31H,3,19H2,1-2H3,(H,32,33)/t27-/m1/s1. The molecule has 0 fully saturated rings. The fourth-order valence-corrected chi connectivity index (χ4v) is 5.14. The highest BCUT2D eigenvalue weighted by molar-refractivity contribution is 8.02. The average molecular weight is 482 g/mol. The van der Waals surface area contributed by atoms with Crippen LogP contribution in [0.2, 0.25) is 0 Å². The van der Waals surface area contributed by atoms with Crippen molar-refractivity contribution in [2.75, 3.05) is 11.9 Å². The smallest absolute Gasteiger partial charge is 0.254 e. The molecule has 2 N–H and O–H groups in total. The summed E-state index contributed by atoms with van der Waals surface area (Å²) in [6.45, 7) is 4.29. The Morgan fingerprint density at radius 1 is 1.03 bits per heavy atom. The summed E-state index contributed by atoms with van der Waals surface area (Å²) in [6.07, 6.45) is 0. The number of para-hydroxylation sites is 2. The summed E-state index contributed by atoms with van der Waals surface area (Å²) in [6, 6.07) is 29.5. The number of anilines is 1. The van der Waals surface area contributed by atoms with E-state index in [0.29, 0.717) is 40.6 Å². The molecule has 4 rings (SSSR count). The summed E-state index contributed by atoms with van der Waals surface area (Å²) in [5.41, 5.74) is 4.36. The average Bonchev–Trinajstić information content (AvgIpc) is 2.88. The van der Waals surface area contributed by atoms with Crippen LogP contribution in [0.3, 0.4) is 0 Å². The van der Waals surface area contributed by atoms with Gasteiger partial charge in [0.05, 0.1) is 29.2 Å². The molecule has 1 heterocycles. The topological polar surface area (TPSA) is 74.1 Å². The van der Waals surface area contributed by atoms with Gasteiger partial charge in [-0.25, -0.2) is 0 Å². The number of nitrogens with one attached hydrogen (secondary N) is 2. The van der Waals surface area contributed by atoms with Crippen LogP contribution in [0.25, 0.3) is 0 Å². The Balaban J connectivity index is 1.77. The van der Waals surface area contributed by atoms with Gasteiger partial charge in [0.1, 0.15) is 5.75 Å². The lowest BCUT2D eigenvalue weighted by Crippen LogP contribution is -2.31. The summed E-state index contributed by atoms with van der Waals surface area (Å²) in [5, 5.41) is 17.4. The molecule has 0 unspecified atom stereocenters. The Labute approximate surface area is 210 Å². The van der Waals surface area contributed by atoms with Gasteiger partial charge in [-0.1, -0.05) is 66.7 Å². The van der Waals surface area contributed by atoms with Crippen LogP contribution in [-0.2, 0) is 10.5 Å². The number of dihydropyridines is 1. The Morgan fingerprint density at radius 2 is 1.69 bits per heavy atom. The summed E-state index contributed by atoms with van der Waals surface area (Å²) >= 11 is 1.56. The minimum absolute atomic E-state index is 0.252. The largest absolute Gasteiger partial charge is 0.494 e. The number of hydrogen-bond donors (Lipinski definition) is 2. The zero-order valence-electron chi connectivity index (χ0n) is 19.7. The van der Waals surface area contributed by atoms with E-state index in [1.54, 1.807) is 11.8 Å². The van der Waals surface area contributed by atoms with Crippen molar-refractivity contribution in [3.63, 3.8) is 0 Å². The highest BCUT2D eigenvalue weighted by Gasteiger charge is 2.36. The molecule has 0 aromatic heterocycles. The molecule has 3 aromatic carbocycles. The van der Waals surface area contributed by atoms with Gasteiger partial charge in [0.25, 0.3) is 5.91 Å². The molecule has 0 spiro atoms. The van der Waals surface area contributed by atoms with Crippen molar-refractivity contribution in [2.24, 2.45) is 0 Å². The first-order valence-corrected chi connectivity index (χ1v) is 12.5. The van der Waals surface area contributed by atoms with E-state index >= 15 is 0 Å². The van der Waals surface area contributed by atoms with E-state index in [2.05, 4.69) is 28.8 Å². The molecular weight excluding hydrogens is 454 g/mol. The van der Waals surface area contributed by atoms with Crippen LogP contribution in [0.15, 0.2) is 107 Å². The zero-order valence-corrected chi connectivity index (χ0v) is 20.6. The lowest BCUT2D eigenvalue weighted by Gasteiger charge is -2.30. The number of ether oxygens (including phenoxy) is 1. The first-order chi connectivity index (χ1) is 17.1. The molecule has 1 amide bonds. The summed E-state index contributed by atoms with van der Waals surface area (Å²) in [4.78, 5) is 13.6. The van der Waals surface area contributed by atoms with Gasteiger partial charge in [0.15, 0.2) is 0 Å². The predicted molar refractivity (Wildman–Crippen MR) is 142 cm³/mol. The van der Waals surface area contributed by atoms with E-state index in [-0.39, 0.29) is 5.91 Å². The SMILES string of the molecule is CCOc1ccccc1[C@@H]1C(C#N)=C(SCc2ccccc2)NC(C)=C1C(=O)Nc1ccccc1. The summed E-state index contributed by atoms with van der Waals surface area (Å²) in [7, 11) is 0. The monoisotopic (exact) mass is 481 g/mol. The normalized spacial score (nSPS) is 15.3. The maximum Gasteiger partial charge on any atom is 0.254 e. The van der Waals surface area contributed by atoms with Gasteiger partial charge in [0, 0.05) is 28.3 Å². The third kappa shape index (κ3) is 5.59. The lowest BCUT2D eigenvalue weighted by molar-refractivity contribution is -0.113. The highest BCUT2D eigenvalue weighted by atomic mass is 32.2. The number of nitrogens with zero attached hydrogens (tertiary/aromatic N) is 1. The zero-order chi connectivity index (χ0) is 24.6. The Bertz CT molecular complexity index is 1290. The first kappa shape index (κ1) is 24.2. The van der Waals surface area contributed by atoms with Crippen LogP contribution in [0.5, 0.6) is 5.75 Å². The van der Waals surface area contributed by atoms with Gasteiger partial charge < -0.3 is 15.4 Å². The molecule has 0 aliphatic carbocycles. The molecule has 3 aromatic rings. The van der Waals surface area contributed by atoms with Crippen molar-refractivity contribution in [3.05, 3.63) is 118 Å². The molecule has 0 bridgehead atoms. The molecule has 6 heteroatoms. The van der Waals surface area contributed by atoms with Gasteiger partial charge in [-0.3, -0.25) is 4.79 Å². The number of amides is 1. The molecule has 176 valence electrons. The molecule has 1 aliphatic heterocycles. The van der Waals surface area contributed by atoms with Crippen LogP contribution in [-0.4, -0.2) is 12.5 Å². The van der Waals surface area contributed by atoms with Gasteiger partial charge >= 0.3 is 0 Å². The van der Waals surface area contributed by atoms with Gasteiger partial charge in [0.2, 0.25) is 0 Å². The fraction of sp³-hybridized carbons (Fsp3) is 0.172. The minimum atomic E-state index is -0.564. The van der Waals surface area contributed by atoms with Crippen molar-refractivity contribution >= 4 is 23.4 Å². The molecule has 5 nitrogen and oxygen atoms in total. The quantitative estimate of drug-likeness (QED) is 0.392. The van der Waals surface area contributed by atoms with Crippen molar-refractivity contribution < 1.29 is 9.53 Å². The first-order valence-electron chi connectivity index (χ1n) is 11.5. The molecule has 0 saturated heterocycles. The van der Waals surface area contributed by atoms with Crippen LogP contribution < -0.4 is 15.4 Å². The number of hydrogen-bond acceptors (Lipinski definition) is 5. The number of rotatable bonds is 8. The third-order valence-corrected chi connectivity index (χ3v) is 6.77. The summed E-state index contributed by atoms with van der Waals surface area (Å²) in [5.74, 6) is 0.552. The van der Waals surface area contributed by atoms with Crippen molar-refractivity contribution in [1.29, 1.82) is 5.26 Å². The molecule has 0 radical (unpaired) electrons. The van der Waals surface area contributed by atoms with E-state index < -0.39 is 5.92 Å². The fourth-order valence-electron chi connectivity index (χ4n) is 4.09. The van der Waals surface area contributed by atoms with Crippen LogP contribution in [0.1, 0.15) is 30.9 Å². The van der Waals surface area contributed by atoms with Crippen LogP contribution in [0.4, 0.5) is 5.69 Å². The number of allylic oxidation sites excluding steroid dienone is 2. The van der Waals surface area contributed by atoms with Crippen molar-refractivity contribution in [1.82, 2.24) is 5.32 Å². The van der Waals surface area contributed by atoms with Gasteiger partial charge in [-0.15, -0.1) is 11.8 Å². The van der Waals surface area contributed by atoms with E-state index in [4.69, 9.17) is 4.74 Å². The minimum Gasteiger partial charge on any atom is -0.494 e. The van der Waals surface area contributed by atoms with Crippen LogP contribution in [0, 0.1) is 11.3 Å².